The van der Waals surface area contributed by atoms with E-state index in [0.717, 1.165) is 35.3 Å². The molecule has 2 aliphatic rings. The molecular formula is C24H20ClNO4. The van der Waals surface area contributed by atoms with Crippen LogP contribution in [0.1, 0.15) is 18.4 Å². The number of hydrogen-bond donors (Lipinski definition) is 1. The fraction of sp³-hybridized carbons (Fsp3) is 0.208. The third kappa shape index (κ3) is 3.25. The Morgan fingerprint density at radius 3 is 2.63 bits per heavy atom. The number of methoxy groups -OCH3 is 1. The number of benzene rings is 3. The Morgan fingerprint density at radius 2 is 1.87 bits per heavy atom. The largest absolute Gasteiger partial charge is 0.496 e. The van der Waals surface area contributed by atoms with Crippen LogP contribution in [0.25, 0.3) is 11.1 Å². The molecule has 152 valence electrons. The Hall–Kier alpha value is -3.18. The summed E-state index contributed by atoms with van der Waals surface area (Å²) in [7, 11) is 1.63. The fourth-order valence-electron chi connectivity index (χ4n) is 3.88. The summed E-state index contributed by atoms with van der Waals surface area (Å²) in [6.45, 7) is 0.218. The molecule has 1 heterocycles. The lowest BCUT2D eigenvalue weighted by Crippen LogP contribution is -2.27. The Morgan fingerprint density at radius 1 is 1.03 bits per heavy atom. The molecule has 1 N–H and O–H groups in total. The standard InChI is InChI=1S/C24H20ClNO4/c1-28-20-8-6-18(13-19(20)15-3-2-4-17(25)11-15)26-23(27)24(9-10-24)16-5-7-21-22(12-16)30-14-29-21/h2-8,11-13H,9-10,14H2,1H3,(H,26,27). The van der Waals surface area contributed by atoms with Crippen LogP contribution in [-0.4, -0.2) is 19.8 Å². The van der Waals surface area contributed by atoms with Gasteiger partial charge in [0.15, 0.2) is 11.5 Å². The number of rotatable bonds is 5. The zero-order valence-corrected chi connectivity index (χ0v) is 17.2. The van der Waals surface area contributed by atoms with Gasteiger partial charge in [0, 0.05) is 16.3 Å². The summed E-state index contributed by atoms with van der Waals surface area (Å²) in [5, 5.41) is 3.73. The molecule has 5 rings (SSSR count). The Bertz CT molecular complexity index is 1140. The second-order valence-corrected chi connectivity index (χ2v) is 7.97. The van der Waals surface area contributed by atoms with E-state index in [1.807, 2.05) is 60.7 Å². The van der Waals surface area contributed by atoms with Crippen LogP contribution >= 0.6 is 11.6 Å². The maximum Gasteiger partial charge on any atom is 0.235 e. The van der Waals surface area contributed by atoms with Gasteiger partial charge in [0.1, 0.15) is 5.75 Å². The normalized spacial score (nSPS) is 15.5. The van der Waals surface area contributed by atoms with Crippen molar-refractivity contribution in [1.29, 1.82) is 0 Å². The van der Waals surface area contributed by atoms with E-state index >= 15 is 0 Å². The van der Waals surface area contributed by atoms with Crippen molar-refractivity contribution in [2.75, 3.05) is 19.2 Å². The van der Waals surface area contributed by atoms with Gasteiger partial charge >= 0.3 is 0 Å². The molecule has 1 amide bonds. The quantitative estimate of drug-likeness (QED) is 0.598. The first-order valence-corrected chi connectivity index (χ1v) is 10.1. The third-order valence-corrected chi connectivity index (χ3v) is 5.94. The van der Waals surface area contributed by atoms with Gasteiger partial charge in [-0.3, -0.25) is 4.79 Å². The molecule has 1 aliphatic heterocycles. The van der Waals surface area contributed by atoms with Crippen LogP contribution in [-0.2, 0) is 10.2 Å². The van der Waals surface area contributed by atoms with Crippen molar-refractivity contribution < 1.29 is 19.0 Å². The van der Waals surface area contributed by atoms with Gasteiger partial charge in [-0.25, -0.2) is 0 Å². The van der Waals surface area contributed by atoms with E-state index < -0.39 is 5.41 Å². The van der Waals surface area contributed by atoms with Crippen LogP contribution in [0, 0.1) is 0 Å². The number of carbonyl (C=O) groups is 1. The van der Waals surface area contributed by atoms with Crippen LogP contribution in [0.15, 0.2) is 60.7 Å². The van der Waals surface area contributed by atoms with Gasteiger partial charge in [0.2, 0.25) is 12.7 Å². The molecule has 1 fully saturated rings. The van der Waals surface area contributed by atoms with Gasteiger partial charge in [-0.05, 0) is 66.4 Å². The maximum absolute atomic E-state index is 13.2. The number of amides is 1. The number of anilines is 1. The lowest BCUT2D eigenvalue weighted by molar-refractivity contribution is -0.118. The second-order valence-electron chi connectivity index (χ2n) is 7.53. The average Bonchev–Trinajstić information content (AvgIpc) is 3.44. The minimum absolute atomic E-state index is 0.0245. The van der Waals surface area contributed by atoms with Gasteiger partial charge in [0.25, 0.3) is 0 Å². The van der Waals surface area contributed by atoms with E-state index in [1.165, 1.54) is 0 Å². The predicted molar refractivity (Wildman–Crippen MR) is 116 cm³/mol. The molecular weight excluding hydrogens is 402 g/mol. The van der Waals surface area contributed by atoms with Crippen LogP contribution in [0.3, 0.4) is 0 Å². The van der Waals surface area contributed by atoms with Crippen molar-refractivity contribution in [2.45, 2.75) is 18.3 Å². The van der Waals surface area contributed by atoms with Gasteiger partial charge in [-0.1, -0.05) is 29.8 Å². The molecule has 1 aliphatic carbocycles. The van der Waals surface area contributed by atoms with Gasteiger partial charge < -0.3 is 19.5 Å². The van der Waals surface area contributed by atoms with Gasteiger partial charge in [-0.2, -0.15) is 0 Å². The zero-order valence-electron chi connectivity index (χ0n) is 16.4. The maximum atomic E-state index is 13.2. The van der Waals surface area contributed by atoms with E-state index in [-0.39, 0.29) is 12.7 Å². The third-order valence-electron chi connectivity index (χ3n) is 5.70. The summed E-state index contributed by atoms with van der Waals surface area (Å²) in [4.78, 5) is 13.2. The summed E-state index contributed by atoms with van der Waals surface area (Å²) in [6, 6.07) is 18.9. The molecule has 0 radical (unpaired) electrons. The van der Waals surface area contributed by atoms with Crippen molar-refractivity contribution >= 4 is 23.2 Å². The fourth-order valence-corrected chi connectivity index (χ4v) is 4.07. The summed E-state index contributed by atoms with van der Waals surface area (Å²) < 4.78 is 16.4. The molecule has 0 unspecified atom stereocenters. The number of ether oxygens (including phenoxy) is 3. The highest BCUT2D eigenvalue weighted by molar-refractivity contribution is 6.30. The minimum atomic E-state index is -0.531. The van der Waals surface area contributed by atoms with Crippen molar-refractivity contribution in [3.05, 3.63) is 71.2 Å². The molecule has 6 heteroatoms. The van der Waals surface area contributed by atoms with Crippen molar-refractivity contribution in [2.24, 2.45) is 0 Å². The van der Waals surface area contributed by atoms with Crippen LogP contribution < -0.4 is 19.5 Å². The molecule has 0 saturated heterocycles. The molecule has 0 bridgehead atoms. The molecule has 0 spiro atoms. The number of carbonyl (C=O) groups excluding carboxylic acids is 1. The van der Waals surface area contributed by atoms with Crippen molar-refractivity contribution in [1.82, 2.24) is 0 Å². The summed E-state index contributed by atoms with van der Waals surface area (Å²) in [6.07, 6.45) is 1.60. The average molecular weight is 422 g/mol. The first-order valence-electron chi connectivity index (χ1n) is 9.75. The van der Waals surface area contributed by atoms with Crippen molar-refractivity contribution in [3.63, 3.8) is 0 Å². The molecule has 0 atom stereocenters. The first-order chi connectivity index (χ1) is 14.6. The zero-order chi connectivity index (χ0) is 20.7. The van der Waals surface area contributed by atoms with Crippen molar-refractivity contribution in [3.8, 4) is 28.4 Å². The smallest absolute Gasteiger partial charge is 0.235 e. The Balaban J connectivity index is 1.43. The monoisotopic (exact) mass is 421 g/mol. The van der Waals surface area contributed by atoms with E-state index in [9.17, 15) is 4.79 Å². The Kier molecular flexibility index (Phi) is 4.55. The summed E-state index contributed by atoms with van der Waals surface area (Å²) in [5.41, 5.74) is 2.92. The molecule has 3 aromatic carbocycles. The first kappa shape index (κ1) is 18.8. The lowest BCUT2D eigenvalue weighted by atomic mass is 9.94. The number of fused-ring (bicyclic) bond motifs is 1. The second kappa shape index (κ2) is 7.26. The number of nitrogens with one attached hydrogen (secondary N) is 1. The minimum Gasteiger partial charge on any atom is -0.496 e. The SMILES string of the molecule is COc1ccc(NC(=O)C2(c3ccc4c(c3)OCO4)CC2)cc1-c1cccc(Cl)c1. The highest BCUT2D eigenvalue weighted by Gasteiger charge is 2.51. The Labute approximate surface area is 179 Å². The molecule has 30 heavy (non-hydrogen) atoms. The van der Waals surface area contributed by atoms with Crippen LogP contribution in [0.4, 0.5) is 5.69 Å². The molecule has 3 aromatic rings. The topological polar surface area (TPSA) is 56.8 Å². The summed E-state index contributed by atoms with van der Waals surface area (Å²) >= 11 is 6.16. The molecule has 5 nitrogen and oxygen atoms in total. The van der Waals surface area contributed by atoms with E-state index in [1.54, 1.807) is 7.11 Å². The van der Waals surface area contributed by atoms with Crippen LogP contribution in [0.2, 0.25) is 5.02 Å². The van der Waals surface area contributed by atoms with E-state index in [0.29, 0.717) is 22.2 Å². The predicted octanol–water partition coefficient (Wildman–Crippen LogP) is 5.41. The highest BCUT2D eigenvalue weighted by atomic mass is 35.5. The summed E-state index contributed by atoms with van der Waals surface area (Å²) in [5.74, 6) is 2.10. The van der Waals surface area contributed by atoms with Gasteiger partial charge in [0.05, 0.1) is 12.5 Å². The molecule has 0 aromatic heterocycles. The van der Waals surface area contributed by atoms with E-state index in [2.05, 4.69) is 5.32 Å². The number of hydrogen-bond acceptors (Lipinski definition) is 4. The van der Waals surface area contributed by atoms with E-state index in [4.69, 9.17) is 25.8 Å². The highest BCUT2D eigenvalue weighted by Crippen LogP contribution is 2.51. The lowest BCUT2D eigenvalue weighted by Gasteiger charge is -2.17. The molecule has 1 saturated carbocycles. The number of halogens is 1. The van der Waals surface area contributed by atoms with Crippen LogP contribution in [0.5, 0.6) is 17.2 Å². The van der Waals surface area contributed by atoms with Gasteiger partial charge in [-0.15, -0.1) is 0 Å².